The summed E-state index contributed by atoms with van der Waals surface area (Å²) >= 11 is 0. The zero-order valence-corrected chi connectivity index (χ0v) is 43.1. The largest absolute Gasteiger partial charge is 0.481 e. The maximum atomic E-state index is 13.2. The summed E-state index contributed by atoms with van der Waals surface area (Å²) in [4.78, 5) is 13.2. The predicted molar refractivity (Wildman–Crippen MR) is 250 cm³/mol. The fourth-order valence-corrected chi connectivity index (χ4v) is 16.1. The first-order chi connectivity index (χ1) is 33.7. The van der Waals surface area contributed by atoms with Crippen molar-refractivity contribution in [3.05, 3.63) is 11.6 Å². The predicted octanol–water partition coefficient (Wildman–Crippen LogP) is 0.836. The molecule has 4 aliphatic heterocycles. The molecule has 0 aromatic heterocycles. The summed E-state index contributed by atoms with van der Waals surface area (Å²) in [5, 5.41) is 119. The molecule has 4 saturated carbocycles. The van der Waals surface area contributed by atoms with E-state index >= 15 is 0 Å². The summed E-state index contributed by atoms with van der Waals surface area (Å²) in [6.45, 7) is 15.6. The highest BCUT2D eigenvalue weighted by Gasteiger charge is 2.70. The van der Waals surface area contributed by atoms with E-state index in [0.717, 1.165) is 44.9 Å². The molecule has 9 rings (SSSR count). The number of hydrogen-bond acceptors (Lipinski definition) is 19. The molecule has 26 atom stereocenters. The molecule has 0 radical (unpaired) electrons. The number of aliphatic carboxylic acids is 1. The molecule has 20 nitrogen and oxygen atoms in total. The van der Waals surface area contributed by atoms with E-state index < -0.39 is 153 Å². The third-order valence-electron chi connectivity index (χ3n) is 20.8. The monoisotopic (exact) mass is 1030 g/mol. The lowest BCUT2D eigenvalue weighted by Crippen LogP contribution is -2.67. The van der Waals surface area contributed by atoms with Gasteiger partial charge in [-0.05, 0) is 116 Å². The van der Waals surface area contributed by atoms with E-state index in [9.17, 15) is 61.0 Å². The van der Waals surface area contributed by atoms with Crippen LogP contribution in [0.25, 0.3) is 0 Å². The van der Waals surface area contributed by atoms with Crippen LogP contribution in [0.2, 0.25) is 0 Å². The Bertz CT molecular complexity index is 1990. The molecule has 0 bridgehead atoms. The average molecular weight is 1030 g/mol. The van der Waals surface area contributed by atoms with Crippen molar-refractivity contribution < 1.29 is 98.9 Å². The summed E-state index contributed by atoms with van der Waals surface area (Å²) in [6.07, 6.45) is -17.7. The summed E-state index contributed by atoms with van der Waals surface area (Å²) < 4.78 is 49.1. The maximum Gasteiger partial charge on any atom is 0.310 e. The van der Waals surface area contributed by atoms with Gasteiger partial charge in [0.25, 0.3) is 0 Å². The van der Waals surface area contributed by atoms with Gasteiger partial charge in [0, 0.05) is 0 Å². The highest BCUT2D eigenvalue weighted by Crippen LogP contribution is 2.76. The van der Waals surface area contributed by atoms with E-state index in [1.54, 1.807) is 0 Å². The van der Waals surface area contributed by atoms with Crippen LogP contribution in [0.5, 0.6) is 0 Å². The van der Waals surface area contributed by atoms with E-state index in [0.29, 0.717) is 25.2 Å². The lowest BCUT2D eigenvalue weighted by atomic mass is 9.33. The molecule has 4 saturated heterocycles. The number of aliphatic hydroxyl groups excluding tert-OH is 10. The fraction of sp³-hybridized carbons (Fsp3) is 0.942. The van der Waals surface area contributed by atoms with Gasteiger partial charge >= 0.3 is 5.97 Å². The van der Waals surface area contributed by atoms with Crippen LogP contribution in [0.15, 0.2) is 11.6 Å². The van der Waals surface area contributed by atoms with E-state index in [4.69, 9.17) is 37.9 Å². The van der Waals surface area contributed by atoms with Gasteiger partial charge in [0.05, 0.1) is 37.4 Å². The number of aliphatic hydroxyl groups is 10. The van der Waals surface area contributed by atoms with Crippen LogP contribution in [-0.2, 0) is 42.7 Å². The quantitative estimate of drug-likeness (QED) is 0.0953. The molecule has 0 aromatic rings. The Kier molecular flexibility index (Phi) is 15.2. The van der Waals surface area contributed by atoms with Crippen molar-refractivity contribution >= 4 is 5.97 Å². The molecule has 8 fully saturated rings. The first-order valence-corrected chi connectivity index (χ1v) is 26.5. The van der Waals surface area contributed by atoms with Gasteiger partial charge in [0.2, 0.25) is 0 Å². The van der Waals surface area contributed by atoms with Gasteiger partial charge in [-0.3, -0.25) is 4.79 Å². The minimum absolute atomic E-state index is 0.00674. The highest BCUT2D eigenvalue weighted by molar-refractivity contribution is 5.76. The van der Waals surface area contributed by atoms with Crippen LogP contribution >= 0.6 is 0 Å². The normalized spacial score (nSPS) is 53.9. The molecule has 9 aliphatic rings. The van der Waals surface area contributed by atoms with Crippen molar-refractivity contribution in [1.29, 1.82) is 0 Å². The van der Waals surface area contributed by atoms with E-state index in [-0.39, 0.29) is 33.5 Å². The van der Waals surface area contributed by atoms with E-state index in [1.165, 1.54) is 12.5 Å². The van der Waals surface area contributed by atoms with Crippen LogP contribution in [0, 0.1) is 50.2 Å². The van der Waals surface area contributed by atoms with Crippen molar-refractivity contribution in [2.75, 3.05) is 19.8 Å². The lowest BCUT2D eigenvalue weighted by Gasteiger charge is -2.71. The Morgan fingerprint density at radius 1 is 0.583 bits per heavy atom. The lowest BCUT2D eigenvalue weighted by molar-refractivity contribution is -0.389. The summed E-state index contributed by atoms with van der Waals surface area (Å²) in [5.74, 6) is -0.227. The molecule has 0 amide bonds. The third kappa shape index (κ3) is 8.69. The molecule has 0 aromatic carbocycles. The molecular weight excluding hydrogens is 945 g/mol. The second-order valence-electron chi connectivity index (χ2n) is 25.3. The van der Waals surface area contributed by atoms with Gasteiger partial charge in [-0.2, -0.15) is 0 Å². The maximum absolute atomic E-state index is 13.2. The molecule has 20 heteroatoms. The van der Waals surface area contributed by atoms with Gasteiger partial charge in [0.1, 0.15) is 79.4 Å². The molecule has 72 heavy (non-hydrogen) atoms. The number of fused-ring (bicyclic) bond motifs is 7. The van der Waals surface area contributed by atoms with Crippen LogP contribution < -0.4 is 0 Å². The average Bonchev–Trinajstić information content (AvgIpc) is 3.76. The topological polar surface area (TPSA) is 313 Å². The van der Waals surface area contributed by atoms with Crippen LogP contribution in [0.3, 0.4) is 0 Å². The van der Waals surface area contributed by atoms with Gasteiger partial charge < -0.3 is 94.1 Å². The standard InChI is InChI=1S/C52H84O20/c1-23-32(56)35(59)40(71-42-36(60)33(57)26(20-53)66-42)44(65-23)70-39-28(22-55)68-45(41(38(39)62)72-43-37(61)34(58)27(21-54)67-43)69-31-12-13-49(6)29(48(31,4)5)11-14-51(8)30(49)10-9-24-25-19-47(2,3)15-17-52(25,46(63)64)18-16-50(24,51)7/h9,23,25-45,53-62H,10-22H2,1-8H3,(H,63,64). The third-order valence-corrected chi connectivity index (χ3v) is 20.8. The number of rotatable bonds is 12. The van der Waals surface area contributed by atoms with E-state index in [1.807, 2.05) is 0 Å². The molecule has 11 N–H and O–H groups in total. The van der Waals surface area contributed by atoms with E-state index in [2.05, 4.69) is 54.5 Å². The fourth-order valence-electron chi connectivity index (χ4n) is 16.1. The van der Waals surface area contributed by atoms with Gasteiger partial charge in [0.15, 0.2) is 25.2 Å². The van der Waals surface area contributed by atoms with Crippen LogP contribution in [-0.4, -0.2) is 199 Å². The molecule has 0 spiro atoms. The summed E-state index contributed by atoms with van der Waals surface area (Å²) in [7, 11) is 0. The van der Waals surface area contributed by atoms with Crippen LogP contribution in [0.4, 0.5) is 0 Å². The number of hydrogen-bond donors (Lipinski definition) is 11. The van der Waals surface area contributed by atoms with Crippen LogP contribution in [0.1, 0.15) is 120 Å². The van der Waals surface area contributed by atoms with Gasteiger partial charge in [-0.15, -0.1) is 0 Å². The Labute approximate surface area is 421 Å². The number of carbonyl (C=O) groups is 1. The van der Waals surface area contributed by atoms with Crippen molar-refractivity contribution in [3.8, 4) is 0 Å². The van der Waals surface area contributed by atoms with Gasteiger partial charge in [-0.25, -0.2) is 0 Å². The van der Waals surface area contributed by atoms with Crippen molar-refractivity contribution in [2.24, 2.45) is 50.2 Å². The molecule has 26 unspecified atom stereocenters. The highest BCUT2D eigenvalue weighted by atomic mass is 16.8. The molecule has 4 heterocycles. The molecule has 412 valence electrons. The summed E-state index contributed by atoms with van der Waals surface area (Å²) in [5.41, 5.74) is -0.260. The molecule has 5 aliphatic carbocycles. The van der Waals surface area contributed by atoms with Gasteiger partial charge in [-0.1, -0.05) is 60.1 Å². The number of carboxylic acid groups (broad SMARTS) is 1. The second-order valence-corrected chi connectivity index (χ2v) is 25.3. The van der Waals surface area contributed by atoms with Crippen molar-refractivity contribution in [3.63, 3.8) is 0 Å². The first-order valence-electron chi connectivity index (χ1n) is 26.5. The Balaban J connectivity index is 0.979. The number of allylic oxidation sites excluding steroid dienone is 2. The molecular formula is C52H84O20. The van der Waals surface area contributed by atoms with Crippen molar-refractivity contribution in [1.82, 2.24) is 0 Å². The minimum atomic E-state index is -1.79. The minimum Gasteiger partial charge on any atom is -0.481 e. The zero-order chi connectivity index (χ0) is 52.4. The summed E-state index contributed by atoms with van der Waals surface area (Å²) in [6, 6.07) is 0. The Hall–Kier alpha value is -1.51. The number of carboxylic acids is 1. The smallest absolute Gasteiger partial charge is 0.310 e. The van der Waals surface area contributed by atoms with Crippen molar-refractivity contribution in [2.45, 2.75) is 236 Å². The first kappa shape index (κ1) is 55.3. The number of ether oxygens (including phenoxy) is 8. The zero-order valence-electron chi connectivity index (χ0n) is 43.1. The second kappa shape index (κ2) is 19.7. The Morgan fingerprint density at radius 3 is 1.69 bits per heavy atom. The SMILES string of the molecule is CC1OC(OC2C(CO)OC(OC3CCC4(C)C(CCC5(C)C4CC=C4C6CC(C)(C)CCC6(C(=O)O)CCC45C)C3(C)C)C(OC3OC(CO)C(O)C3O)C2O)C(OC2OC(CO)C(O)C2O)C(O)C1O. The Morgan fingerprint density at radius 2 is 1.12 bits per heavy atom.